The maximum Gasteiger partial charge on any atom is 0.0114 e. The first-order valence-electron chi connectivity index (χ1n) is 4.67. The summed E-state index contributed by atoms with van der Waals surface area (Å²) in [5.74, 6) is 1.85. The third-order valence-corrected chi connectivity index (χ3v) is 4.61. The molecular weight excluding hydrogens is 164 g/mol. The molecule has 0 aliphatic heterocycles. The van der Waals surface area contributed by atoms with Gasteiger partial charge in [-0.25, -0.2) is 0 Å². The molecule has 2 rings (SSSR count). The molecule has 0 spiro atoms. The first kappa shape index (κ1) is 8.31. The molecule has 0 amide bonds. The third kappa shape index (κ3) is 1.11. The zero-order valence-corrected chi connectivity index (χ0v) is 9.09. The van der Waals surface area contributed by atoms with Gasteiger partial charge in [0.15, 0.2) is 0 Å². The molecule has 1 heteroatoms. The minimum atomic E-state index is 0.905. The van der Waals surface area contributed by atoms with Gasteiger partial charge in [-0.1, -0.05) is 6.92 Å². The predicted molar refractivity (Wildman–Crippen MR) is 55.1 cm³/mol. The Labute approximate surface area is 78.6 Å². The summed E-state index contributed by atoms with van der Waals surface area (Å²) in [6, 6.07) is 0. The minimum Gasteiger partial charge on any atom is -0.145 e. The van der Waals surface area contributed by atoms with Gasteiger partial charge in [-0.15, -0.1) is 11.3 Å². The summed E-state index contributed by atoms with van der Waals surface area (Å²) in [6.45, 7) is 9.12. The van der Waals surface area contributed by atoms with E-state index in [1.807, 2.05) is 11.3 Å². The maximum absolute atomic E-state index is 2.36. The van der Waals surface area contributed by atoms with Crippen LogP contribution in [0.15, 0.2) is 0 Å². The molecule has 1 saturated carbocycles. The van der Waals surface area contributed by atoms with Crippen molar-refractivity contribution in [2.24, 2.45) is 5.92 Å². The zero-order chi connectivity index (χ0) is 8.88. The van der Waals surface area contributed by atoms with Crippen molar-refractivity contribution in [1.29, 1.82) is 0 Å². The Hall–Kier alpha value is -0.300. The standard InChI is InChI=1S/C11H16S/c1-6-5-10(6)11-8(3)7(2)9(4)12-11/h6,10H,5H2,1-4H3. The van der Waals surface area contributed by atoms with Gasteiger partial charge in [0.25, 0.3) is 0 Å². The van der Waals surface area contributed by atoms with Gasteiger partial charge in [0.05, 0.1) is 0 Å². The maximum atomic E-state index is 2.36. The van der Waals surface area contributed by atoms with E-state index in [1.54, 1.807) is 10.4 Å². The first-order chi connectivity index (χ1) is 5.61. The van der Waals surface area contributed by atoms with Gasteiger partial charge in [0, 0.05) is 9.75 Å². The van der Waals surface area contributed by atoms with Crippen LogP contribution in [0.3, 0.4) is 0 Å². The van der Waals surface area contributed by atoms with Crippen molar-refractivity contribution < 1.29 is 0 Å². The number of rotatable bonds is 1. The third-order valence-electron chi connectivity index (χ3n) is 3.17. The van der Waals surface area contributed by atoms with Crippen LogP contribution in [0.25, 0.3) is 0 Å². The molecule has 1 aromatic heterocycles. The molecule has 0 N–H and O–H groups in total. The lowest BCUT2D eigenvalue weighted by atomic mass is 10.1. The molecule has 66 valence electrons. The fourth-order valence-corrected chi connectivity index (χ4v) is 3.23. The molecule has 2 unspecified atom stereocenters. The lowest BCUT2D eigenvalue weighted by Crippen LogP contribution is -1.80. The topological polar surface area (TPSA) is 0 Å². The lowest BCUT2D eigenvalue weighted by Gasteiger charge is -1.95. The molecule has 1 aromatic rings. The normalized spacial score (nSPS) is 27.7. The molecule has 0 saturated heterocycles. The van der Waals surface area contributed by atoms with Crippen LogP contribution < -0.4 is 0 Å². The fourth-order valence-electron chi connectivity index (χ4n) is 1.81. The summed E-state index contributed by atoms with van der Waals surface area (Å²) in [6.07, 6.45) is 1.42. The van der Waals surface area contributed by atoms with Crippen molar-refractivity contribution in [3.05, 3.63) is 20.9 Å². The molecule has 1 fully saturated rings. The average molecular weight is 180 g/mol. The highest BCUT2D eigenvalue weighted by molar-refractivity contribution is 7.12. The van der Waals surface area contributed by atoms with Crippen LogP contribution in [-0.2, 0) is 0 Å². The predicted octanol–water partition coefficient (Wildman–Crippen LogP) is 3.80. The Balaban J connectivity index is 2.38. The molecule has 1 aliphatic rings. The molecule has 1 heterocycles. The SMILES string of the molecule is Cc1sc(C2CC2C)c(C)c1C. The quantitative estimate of drug-likeness (QED) is 0.616. The summed E-state index contributed by atoms with van der Waals surface area (Å²) in [4.78, 5) is 3.18. The number of thiophene rings is 1. The number of aryl methyl sites for hydroxylation is 1. The van der Waals surface area contributed by atoms with Gasteiger partial charge in [-0.2, -0.15) is 0 Å². The van der Waals surface area contributed by atoms with Crippen LogP contribution >= 0.6 is 11.3 Å². The summed E-state index contributed by atoms with van der Waals surface area (Å²) in [5, 5.41) is 0. The Morgan fingerprint density at radius 2 is 1.75 bits per heavy atom. The van der Waals surface area contributed by atoms with Crippen LogP contribution in [0.2, 0.25) is 0 Å². The van der Waals surface area contributed by atoms with Gasteiger partial charge in [0.2, 0.25) is 0 Å². The van der Waals surface area contributed by atoms with E-state index in [2.05, 4.69) is 27.7 Å². The Bertz CT molecular complexity index is 309. The van der Waals surface area contributed by atoms with Crippen molar-refractivity contribution in [3.8, 4) is 0 Å². The van der Waals surface area contributed by atoms with E-state index in [9.17, 15) is 0 Å². The average Bonchev–Trinajstić information content (AvgIpc) is 2.69. The molecule has 1 aliphatic carbocycles. The van der Waals surface area contributed by atoms with Crippen LogP contribution in [0.5, 0.6) is 0 Å². The van der Waals surface area contributed by atoms with E-state index in [4.69, 9.17) is 0 Å². The van der Waals surface area contributed by atoms with Crippen molar-refractivity contribution in [3.63, 3.8) is 0 Å². The van der Waals surface area contributed by atoms with Gasteiger partial charge in [-0.05, 0) is 50.2 Å². The van der Waals surface area contributed by atoms with E-state index in [0.717, 1.165) is 11.8 Å². The highest BCUT2D eigenvalue weighted by Gasteiger charge is 2.36. The molecule has 2 atom stereocenters. The Morgan fingerprint density at radius 3 is 2.08 bits per heavy atom. The van der Waals surface area contributed by atoms with E-state index < -0.39 is 0 Å². The van der Waals surface area contributed by atoms with Crippen LogP contribution in [0, 0.1) is 26.7 Å². The Kier molecular flexibility index (Phi) is 1.80. The Morgan fingerprint density at radius 1 is 1.17 bits per heavy atom. The summed E-state index contributed by atoms with van der Waals surface area (Å²) in [7, 11) is 0. The van der Waals surface area contributed by atoms with Gasteiger partial charge >= 0.3 is 0 Å². The first-order valence-corrected chi connectivity index (χ1v) is 5.49. The van der Waals surface area contributed by atoms with Crippen molar-refractivity contribution in [1.82, 2.24) is 0 Å². The molecular formula is C11H16S. The highest BCUT2D eigenvalue weighted by atomic mass is 32.1. The molecule has 12 heavy (non-hydrogen) atoms. The van der Waals surface area contributed by atoms with Gasteiger partial charge in [0.1, 0.15) is 0 Å². The lowest BCUT2D eigenvalue weighted by molar-refractivity contribution is 0.921. The molecule has 0 nitrogen and oxygen atoms in total. The summed E-state index contributed by atoms with van der Waals surface area (Å²) >= 11 is 2.02. The van der Waals surface area contributed by atoms with Gasteiger partial charge in [-0.3, -0.25) is 0 Å². The second-order valence-corrected chi connectivity index (χ2v) is 5.35. The highest BCUT2D eigenvalue weighted by Crippen LogP contribution is 2.51. The van der Waals surface area contributed by atoms with E-state index >= 15 is 0 Å². The zero-order valence-electron chi connectivity index (χ0n) is 8.27. The largest absolute Gasteiger partial charge is 0.145 e. The summed E-state index contributed by atoms with van der Waals surface area (Å²) < 4.78 is 0. The van der Waals surface area contributed by atoms with E-state index in [0.29, 0.717) is 0 Å². The number of hydrogen-bond acceptors (Lipinski definition) is 1. The number of hydrogen-bond donors (Lipinski definition) is 0. The van der Waals surface area contributed by atoms with E-state index in [1.165, 1.54) is 16.9 Å². The minimum absolute atomic E-state index is 0.905. The molecule has 0 radical (unpaired) electrons. The van der Waals surface area contributed by atoms with Crippen molar-refractivity contribution in [2.45, 2.75) is 40.0 Å². The fraction of sp³-hybridized carbons (Fsp3) is 0.636. The van der Waals surface area contributed by atoms with Crippen molar-refractivity contribution in [2.75, 3.05) is 0 Å². The van der Waals surface area contributed by atoms with E-state index in [-0.39, 0.29) is 0 Å². The second-order valence-electron chi connectivity index (χ2n) is 4.09. The van der Waals surface area contributed by atoms with Crippen molar-refractivity contribution >= 4 is 11.3 Å². The van der Waals surface area contributed by atoms with Gasteiger partial charge < -0.3 is 0 Å². The molecule has 0 aromatic carbocycles. The second kappa shape index (κ2) is 2.59. The molecule has 0 bridgehead atoms. The van der Waals surface area contributed by atoms with Crippen LogP contribution in [0.1, 0.15) is 40.1 Å². The van der Waals surface area contributed by atoms with Crippen LogP contribution in [-0.4, -0.2) is 0 Å². The smallest absolute Gasteiger partial charge is 0.0114 e. The van der Waals surface area contributed by atoms with Crippen LogP contribution in [0.4, 0.5) is 0 Å². The monoisotopic (exact) mass is 180 g/mol. The summed E-state index contributed by atoms with van der Waals surface area (Å²) in [5.41, 5.74) is 3.08.